The van der Waals surface area contributed by atoms with Crippen molar-refractivity contribution in [2.24, 2.45) is 0 Å². The monoisotopic (exact) mass is 266 g/mol. The Hall–Kier alpha value is -2.60. The van der Waals surface area contributed by atoms with E-state index in [0.717, 1.165) is 6.42 Å². The molecule has 4 aromatic carbocycles. The Labute approximate surface area is 123 Å². The van der Waals surface area contributed by atoms with E-state index < -0.39 is 0 Å². The van der Waals surface area contributed by atoms with Crippen molar-refractivity contribution in [3.8, 4) is 0 Å². The van der Waals surface area contributed by atoms with E-state index in [1.807, 2.05) is 0 Å². The molecule has 0 bridgehead atoms. The van der Waals surface area contributed by atoms with Gasteiger partial charge < -0.3 is 0 Å². The fourth-order valence-electron chi connectivity index (χ4n) is 3.58. The lowest BCUT2D eigenvalue weighted by molar-refractivity contribution is 1.33. The summed E-state index contributed by atoms with van der Waals surface area (Å²) >= 11 is 0. The minimum absolute atomic E-state index is 1.07. The number of hydrogen-bond acceptors (Lipinski definition) is 0. The lowest BCUT2D eigenvalue weighted by atomic mass is 9.95. The molecule has 4 aromatic rings. The summed E-state index contributed by atoms with van der Waals surface area (Å²) in [4.78, 5) is 0. The maximum absolute atomic E-state index is 2.35. The molecule has 0 saturated carbocycles. The average Bonchev–Trinajstić information content (AvgIpc) is 2.99. The molecule has 0 fully saturated rings. The quantitative estimate of drug-likeness (QED) is 0.357. The maximum atomic E-state index is 2.35. The number of rotatable bonds is 0. The maximum Gasteiger partial charge on any atom is -0.00880 e. The van der Waals surface area contributed by atoms with E-state index in [1.54, 1.807) is 0 Å². The molecule has 0 heteroatoms. The van der Waals surface area contributed by atoms with Crippen LogP contribution in [0.25, 0.3) is 38.4 Å². The molecule has 0 nitrogen and oxygen atoms in total. The van der Waals surface area contributed by atoms with Crippen molar-refractivity contribution in [3.63, 3.8) is 0 Å². The van der Waals surface area contributed by atoms with Gasteiger partial charge >= 0.3 is 0 Å². The molecule has 0 saturated heterocycles. The Balaban J connectivity index is 2.00. The highest BCUT2D eigenvalue weighted by molar-refractivity contribution is 6.17. The van der Waals surface area contributed by atoms with Crippen molar-refractivity contribution in [2.75, 3.05) is 0 Å². The molecular formula is C21H14. The van der Waals surface area contributed by atoms with Crippen LogP contribution in [0.5, 0.6) is 0 Å². The number of allylic oxidation sites excluding steroid dienone is 1. The van der Waals surface area contributed by atoms with Crippen LogP contribution in [-0.2, 0) is 6.42 Å². The number of fused-ring (bicyclic) bond motifs is 6. The standard InChI is InChI=1S/C21H14/c1-2-7-18-14(4-1)8-10-20-19(18)11-9-17-12-15-5-3-6-16(15)13-21(17)20/h1-4,6-13H,5H2. The van der Waals surface area contributed by atoms with E-state index in [1.165, 1.54) is 43.4 Å². The van der Waals surface area contributed by atoms with Gasteiger partial charge in [0, 0.05) is 0 Å². The highest BCUT2D eigenvalue weighted by Crippen LogP contribution is 2.34. The molecule has 0 aliphatic heterocycles. The third-order valence-electron chi connectivity index (χ3n) is 4.64. The molecular weight excluding hydrogens is 252 g/mol. The first-order valence-corrected chi connectivity index (χ1v) is 7.44. The largest absolute Gasteiger partial charge is 0.0795 e. The molecule has 98 valence electrons. The molecule has 0 aromatic heterocycles. The number of benzene rings is 4. The minimum atomic E-state index is 1.07. The lowest BCUT2D eigenvalue weighted by Crippen LogP contribution is -1.85. The summed E-state index contributed by atoms with van der Waals surface area (Å²) < 4.78 is 0. The predicted octanol–water partition coefficient (Wildman–Crippen LogP) is 5.72. The van der Waals surface area contributed by atoms with Gasteiger partial charge in [0.25, 0.3) is 0 Å². The zero-order valence-electron chi connectivity index (χ0n) is 11.6. The highest BCUT2D eigenvalue weighted by Gasteiger charge is 2.09. The zero-order chi connectivity index (χ0) is 13.8. The summed E-state index contributed by atoms with van der Waals surface area (Å²) in [6.07, 6.45) is 5.57. The van der Waals surface area contributed by atoms with Crippen LogP contribution in [0.15, 0.2) is 66.7 Å². The summed E-state index contributed by atoms with van der Waals surface area (Å²) in [6, 6.07) is 22.4. The Morgan fingerprint density at radius 3 is 2.38 bits per heavy atom. The fourth-order valence-corrected chi connectivity index (χ4v) is 3.58. The summed E-state index contributed by atoms with van der Waals surface area (Å²) in [5, 5.41) is 8.07. The highest BCUT2D eigenvalue weighted by atomic mass is 14.1. The Morgan fingerprint density at radius 2 is 1.43 bits per heavy atom. The second-order valence-electron chi connectivity index (χ2n) is 5.83. The van der Waals surface area contributed by atoms with Crippen molar-refractivity contribution in [1.82, 2.24) is 0 Å². The Morgan fingerprint density at radius 1 is 0.619 bits per heavy atom. The molecule has 0 atom stereocenters. The van der Waals surface area contributed by atoms with Crippen LogP contribution in [0.4, 0.5) is 0 Å². The predicted molar refractivity (Wildman–Crippen MR) is 91.7 cm³/mol. The van der Waals surface area contributed by atoms with E-state index in [9.17, 15) is 0 Å². The van der Waals surface area contributed by atoms with Gasteiger partial charge in [0.05, 0.1) is 0 Å². The molecule has 0 unspecified atom stereocenters. The van der Waals surface area contributed by atoms with Crippen LogP contribution in [0.3, 0.4) is 0 Å². The first-order chi connectivity index (χ1) is 10.4. The molecule has 5 rings (SSSR count). The van der Waals surface area contributed by atoms with Crippen molar-refractivity contribution >= 4 is 38.4 Å². The molecule has 0 amide bonds. The third-order valence-corrected chi connectivity index (χ3v) is 4.64. The van der Waals surface area contributed by atoms with Crippen molar-refractivity contribution in [1.29, 1.82) is 0 Å². The molecule has 0 spiro atoms. The second kappa shape index (κ2) is 3.95. The molecule has 0 heterocycles. The fraction of sp³-hybridized carbons (Fsp3) is 0.0476. The first kappa shape index (κ1) is 11.1. The third kappa shape index (κ3) is 1.50. The number of hydrogen-bond donors (Lipinski definition) is 0. The zero-order valence-corrected chi connectivity index (χ0v) is 11.6. The van der Waals surface area contributed by atoms with E-state index in [4.69, 9.17) is 0 Å². The molecule has 0 radical (unpaired) electrons. The lowest BCUT2D eigenvalue weighted by Gasteiger charge is -2.09. The van der Waals surface area contributed by atoms with E-state index in [-0.39, 0.29) is 0 Å². The summed E-state index contributed by atoms with van der Waals surface area (Å²) in [7, 11) is 0. The van der Waals surface area contributed by atoms with Gasteiger partial charge in [-0.15, -0.1) is 0 Å². The van der Waals surface area contributed by atoms with Gasteiger partial charge in [-0.25, -0.2) is 0 Å². The topological polar surface area (TPSA) is 0 Å². The van der Waals surface area contributed by atoms with Crippen LogP contribution in [0.1, 0.15) is 11.1 Å². The van der Waals surface area contributed by atoms with Gasteiger partial charge in [0.15, 0.2) is 0 Å². The van der Waals surface area contributed by atoms with Crippen LogP contribution < -0.4 is 0 Å². The SMILES string of the molecule is C1=Cc2cc3c(ccc4c5ccccc5ccc34)cc2C1. The van der Waals surface area contributed by atoms with Crippen molar-refractivity contribution in [3.05, 3.63) is 77.9 Å². The molecule has 1 aliphatic carbocycles. The van der Waals surface area contributed by atoms with Gasteiger partial charge in [-0.1, -0.05) is 66.7 Å². The van der Waals surface area contributed by atoms with Crippen molar-refractivity contribution < 1.29 is 0 Å². The molecule has 21 heavy (non-hydrogen) atoms. The second-order valence-corrected chi connectivity index (χ2v) is 5.83. The minimum Gasteiger partial charge on any atom is -0.0795 e. The van der Waals surface area contributed by atoms with Crippen LogP contribution >= 0.6 is 0 Å². The Kier molecular flexibility index (Phi) is 2.09. The van der Waals surface area contributed by atoms with Gasteiger partial charge in [-0.2, -0.15) is 0 Å². The van der Waals surface area contributed by atoms with Gasteiger partial charge in [0.1, 0.15) is 0 Å². The van der Waals surface area contributed by atoms with E-state index in [2.05, 4.69) is 72.8 Å². The summed E-state index contributed by atoms with van der Waals surface area (Å²) in [5.74, 6) is 0. The van der Waals surface area contributed by atoms with Crippen LogP contribution in [-0.4, -0.2) is 0 Å². The van der Waals surface area contributed by atoms with Gasteiger partial charge in [-0.3, -0.25) is 0 Å². The molecule has 0 N–H and O–H groups in total. The van der Waals surface area contributed by atoms with Crippen LogP contribution in [0, 0.1) is 0 Å². The first-order valence-electron chi connectivity index (χ1n) is 7.44. The van der Waals surface area contributed by atoms with E-state index >= 15 is 0 Å². The normalized spacial score (nSPS) is 13.3. The average molecular weight is 266 g/mol. The van der Waals surface area contributed by atoms with Crippen LogP contribution in [0.2, 0.25) is 0 Å². The van der Waals surface area contributed by atoms with E-state index in [0.29, 0.717) is 0 Å². The summed E-state index contributed by atoms with van der Waals surface area (Å²) in [5.41, 5.74) is 2.82. The smallest absolute Gasteiger partial charge is 0.00880 e. The summed E-state index contributed by atoms with van der Waals surface area (Å²) in [6.45, 7) is 0. The Bertz CT molecular complexity index is 1050. The van der Waals surface area contributed by atoms with Crippen molar-refractivity contribution in [2.45, 2.75) is 6.42 Å². The van der Waals surface area contributed by atoms with Gasteiger partial charge in [0.2, 0.25) is 0 Å². The molecule has 1 aliphatic rings. The van der Waals surface area contributed by atoms with Gasteiger partial charge in [-0.05, 0) is 55.9 Å².